The molecule has 0 bridgehead atoms. The van der Waals surface area contributed by atoms with Crippen molar-refractivity contribution >= 4 is 21.4 Å². The second-order valence-corrected chi connectivity index (χ2v) is 8.65. The predicted molar refractivity (Wildman–Crippen MR) is 76.0 cm³/mol. The molecule has 1 unspecified atom stereocenters. The van der Waals surface area contributed by atoms with Gasteiger partial charge in [0.2, 0.25) is 0 Å². The molecule has 0 aromatic heterocycles. The molecule has 0 saturated carbocycles. The fourth-order valence-electron chi connectivity index (χ4n) is 2.34. The quantitative estimate of drug-likeness (QED) is 0.799. The van der Waals surface area contributed by atoms with Crippen LogP contribution in [0.1, 0.15) is 42.3 Å². The molecular weight excluding hydrogens is 268 g/mol. The van der Waals surface area contributed by atoms with Gasteiger partial charge < -0.3 is 0 Å². The Labute approximate surface area is 114 Å². The molecule has 4 heteroatoms. The lowest BCUT2D eigenvalue weighted by molar-refractivity contribution is 0.544. The maximum atomic E-state index is 11.8. The van der Waals surface area contributed by atoms with Crippen LogP contribution in [-0.2, 0) is 22.7 Å². The highest BCUT2D eigenvalue weighted by Crippen LogP contribution is 2.39. The fraction of sp³-hybridized carbons (Fsp3) is 0.571. The van der Waals surface area contributed by atoms with Crippen molar-refractivity contribution in [3.8, 4) is 0 Å². The zero-order valence-electron chi connectivity index (χ0n) is 11.0. The van der Waals surface area contributed by atoms with E-state index in [0.717, 1.165) is 18.4 Å². The number of fused-ring (bicyclic) bond motifs is 1. The Kier molecular flexibility index (Phi) is 3.50. The highest BCUT2D eigenvalue weighted by molar-refractivity contribution is 7.92. The van der Waals surface area contributed by atoms with E-state index in [2.05, 4.69) is 12.1 Å². The van der Waals surface area contributed by atoms with Crippen LogP contribution < -0.4 is 0 Å². The van der Waals surface area contributed by atoms with E-state index < -0.39 is 20.0 Å². The third-order valence-electron chi connectivity index (χ3n) is 3.98. The van der Waals surface area contributed by atoms with Gasteiger partial charge in [0.1, 0.15) is 0 Å². The third kappa shape index (κ3) is 2.30. The van der Waals surface area contributed by atoms with Gasteiger partial charge in [-0.1, -0.05) is 18.2 Å². The molecule has 0 spiro atoms. The zero-order chi connectivity index (χ0) is 13.6. The van der Waals surface area contributed by atoms with Crippen molar-refractivity contribution in [3.05, 3.63) is 34.9 Å². The van der Waals surface area contributed by atoms with E-state index in [1.807, 2.05) is 6.07 Å². The molecule has 0 saturated heterocycles. The number of benzene rings is 1. The minimum atomic E-state index is -3.20. The van der Waals surface area contributed by atoms with E-state index in [9.17, 15) is 8.42 Å². The molecule has 2 rings (SSSR count). The summed E-state index contributed by atoms with van der Waals surface area (Å²) in [6.45, 7) is 3.38. The summed E-state index contributed by atoms with van der Waals surface area (Å²) in [5, 5.41) is -0.515. The first-order chi connectivity index (χ1) is 8.23. The first-order valence-corrected chi connectivity index (χ1v) is 8.51. The van der Waals surface area contributed by atoms with E-state index in [-0.39, 0.29) is 0 Å². The van der Waals surface area contributed by atoms with Crippen LogP contribution in [0.15, 0.2) is 18.2 Å². The summed E-state index contributed by atoms with van der Waals surface area (Å²) in [6.07, 6.45) is 4.63. The minimum Gasteiger partial charge on any atom is -0.229 e. The number of alkyl halides is 1. The molecule has 0 fully saturated rings. The predicted octanol–water partition coefficient (Wildman–Crippen LogP) is 3.28. The minimum absolute atomic E-state index is 0.515. The average Bonchev–Trinajstić information content (AvgIpc) is 2.73. The Morgan fingerprint density at radius 2 is 1.83 bits per heavy atom. The van der Waals surface area contributed by atoms with E-state index >= 15 is 0 Å². The van der Waals surface area contributed by atoms with Crippen LogP contribution in [0.3, 0.4) is 0 Å². The van der Waals surface area contributed by atoms with Crippen LogP contribution in [-0.4, -0.2) is 19.4 Å². The average molecular weight is 287 g/mol. The Bertz CT molecular complexity index is 561. The van der Waals surface area contributed by atoms with Crippen LogP contribution in [0.2, 0.25) is 0 Å². The molecule has 0 N–H and O–H groups in total. The standard InChI is InChI=1S/C14H19ClO2S/c1-14(2,18(3,16)17)13(15)12-8-7-10-5-4-6-11(10)9-12/h7-9,13H,4-6H2,1-3H3. The van der Waals surface area contributed by atoms with Gasteiger partial charge in [-0.15, -0.1) is 11.6 Å². The number of halogens is 1. The summed E-state index contributed by atoms with van der Waals surface area (Å²) in [4.78, 5) is 0. The zero-order valence-corrected chi connectivity index (χ0v) is 12.6. The summed E-state index contributed by atoms with van der Waals surface area (Å²) in [6, 6.07) is 6.13. The molecule has 0 amide bonds. The highest BCUT2D eigenvalue weighted by Gasteiger charge is 2.39. The van der Waals surface area contributed by atoms with Crippen molar-refractivity contribution in [3.63, 3.8) is 0 Å². The van der Waals surface area contributed by atoms with Crippen molar-refractivity contribution < 1.29 is 8.42 Å². The van der Waals surface area contributed by atoms with Gasteiger partial charge in [-0.25, -0.2) is 8.42 Å². The molecular formula is C14H19ClO2S. The third-order valence-corrected chi connectivity index (χ3v) is 7.06. The molecule has 0 heterocycles. The smallest absolute Gasteiger partial charge is 0.154 e. The Hall–Kier alpha value is -0.540. The second-order valence-electron chi connectivity index (χ2n) is 5.62. The SMILES string of the molecule is CC(C)(C(Cl)c1ccc2c(c1)CCC2)S(C)(=O)=O. The normalized spacial score (nSPS) is 17.6. The van der Waals surface area contributed by atoms with E-state index in [1.54, 1.807) is 13.8 Å². The summed E-state index contributed by atoms with van der Waals surface area (Å²) >= 11 is 6.41. The summed E-state index contributed by atoms with van der Waals surface area (Å²) < 4.78 is 22.7. The van der Waals surface area contributed by atoms with Gasteiger partial charge in [0, 0.05) is 6.26 Å². The largest absolute Gasteiger partial charge is 0.229 e. The molecule has 18 heavy (non-hydrogen) atoms. The molecule has 1 atom stereocenters. The Morgan fingerprint density at radius 3 is 2.44 bits per heavy atom. The number of sulfone groups is 1. The summed E-state index contributed by atoms with van der Waals surface area (Å²) in [5.41, 5.74) is 3.61. The Morgan fingerprint density at radius 1 is 1.22 bits per heavy atom. The molecule has 1 aliphatic carbocycles. The highest BCUT2D eigenvalue weighted by atomic mass is 35.5. The van der Waals surface area contributed by atoms with Crippen molar-refractivity contribution in [1.82, 2.24) is 0 Å². The maximum absolute atomic E-state index is 11.8. The number of hydrogen-bond donors (Lipinski definition) is 0. The first kappa shape index (κ1) is 13.9. The van der Waals surface area contributed by atoms with Gasteiger partial charge in [-0.2, -0.15) is 0 Å². The van der Waals surface area contributed by atoms with E-state index in [1.165, 1.54) is 23.8 Å². The van der Waals surface area contributed by atoms with Gasteiger partial charge in [-0.3, -0.25) is 0 Å². The van der Waals surface area contributed by atoms with Gasteiger partial charge in [0.25, 0.3) is 0 Å². The molecule has 0 radical (unpaired) electrons. The second kappa shape index (κ2) is 4.53. The van der Waals surface area contributed by atoms with Crippen LogP contribution in [0.25, 0.3) is 0 Å². The van der Waals surface area contributed by atoms with E-state index in [4.69, 9.17) is 11.6 Å². The van der Waals surface area contributed by atoms with Crippen molar-refractivity contribution in [2.24, 2.45) is 0 Å². The Balaban J connectivity index is 2.38. The molecule has 2 nitrogen and oxygen atoms in total. The maximum Gasteiger partial charge on any atom is 0.154 e. The van der Waals surface area contributed by atoms with Crippen molar-refractivity contribution in [2.45, 2.75) is 43.2 Å². The van der Waals surface area contributed by atoms with Crippen LogP contribution in [0.4, 0.5) is 0 Å². The lowest BCUT2D eigenvalue weighted by atomic mass is 9.98. The summed E-state index contributed by atoms with van der Waals surface area (Å²) in [7, 11) is -3.20. The van der Waals surface area contributed by atoms with Crippen LogP contribution in [0.5, 0.6) is 0 Å². The van der Waals surface area contributed by atoms with Crippen LogP contribution >= 0.6 is 11.6 Å². The van der Waals surface area contributed by atoms with Crippen molar-refractivity contribution in [1.29, 1.82) is 0 Å². The lowest BCUT2D eigenvalue weighted by Gasteiger charge is -2.28. The first-order valence-electron chi connectivity index (χ1n) is 6.19. The molecule has 1 aliphatic rings. The number of aryl methyl sites for hydroxylation is 2. The van der Waals surface area contributed by atoms with Gasteiger partial charge in [0.05, 0.1) is 10.1 Å². The topological polar surface area (TPSA) is 34.1 Å². The van der Waals surface area contributed by atoms with Gasteiger partial charge >= 0.3 is 0 Å². The summed E-state index contributed by atoms with van der Waals surface area (Å²) in [5.74, 6) is 0. The van der Waals surface area contributed by atoms with Crippen LogP contribution in [0, 0.1) is 0 Å². The van der Waals surface area contributed by atoms with E-state index in [0.29, 0.717) is 0 Å². The molecule has 100 valence electrons. The monoisotopic (exact) mass is 286 g/mol. The number of rotatable bonds is 3. The number of hydrogen-bond acceptors (Lipinski definition) is 2. The molecule has 1 aromatic rings. The van der Waals surface area contributed by atoms with Gasteiger partial charge in [-0.05, 0) is 49.8 Å². The lowest BCUT2D eigenvalue weighted by Crippen LogP contribution is -2.35. The molecule has 0 aliphatic heterocycles. The van der Waals surface area contributed by atoms with Crippen molar-refractivity contribution in [2.75, 3.05) is 6.26 Å². The van der Waals surface area contributed by atoms with Gasteiger partial charge in [0.15, 0.2) is 9.84 Å². The fourth-order valence-corrected chi connectivity index (χ4v) is 3.47. The molecule has 1 aromatic carbocycles.